The molecule has 2 saturated carbocycles. The Hall–Kier alpha value is -1.23. The molecule has 1 heterocycles. The average molecular weight is 455 g/mol. The van der Waals surface area contributed by atoms with Crippen LogP contribution in [0.25, 0.3) is 0 Å². The number of carbonyl (C=O) groups is 1. The lowest BCUT2D eigenvalue weighted by Crippen LogP contribution is -2.57. The number of ether oxygens (including phenoxy) is 2. The third-order valence-electron chi connectivity index (χ3n) is 6.96. The van der Waals surface area contributed by atoms with E-state index in [9.17, 15) is 15.0 Å². The predicted molar refractivity (Wildman–Crippen MR) is 121 cm³/mol. The Balaban J connectivity index is 1.39. The fourth-order valence-corrected chi connectivity index (χ4v) is 5.21. The largest absolute Gasteiger partial charge is 0.470 e. The van der Waals surface area contributed by atoms with Crippen LogP contribution in [-0.2, 0) is 14.3 Å². The molecule has 0 bridgehead atoms. The summed E-state index contributed by atoms with van der Waals surface area (Å²) in [6.07, 6.45) is 7.83. The molecule has 0 spiro atoms. The molecule has 184 valence electrons. The van der Waals surface area contributed by atoms with Crippen molar-refractivity contribution in [3.8, 4) is 0 Å². The second-order valence-electron chi connectivity index (χ2n) is 9.84. The van der Waals surface area contributed by atoms with Gasteiger partial charge in [0.2, 0.25) is 5.91 Å². The number of allylic oxidation sites excluding steroid dienone is 2. The topological polar surface area (TPSA) is 166 Å². The van der Waals surface area contributed by atoms with E-state index in [0.717, 1.165) is 44.3 Å². The van der Waals surface area contributed by atoms with Gasteiger partial charge in [0.15, 0.2) is 6.29 Å². The summed E-state index contributed by atoms with van der Waals surface area (Å²) in [5.74, 6) is 1.27. The van der Waals surface area contributed by atoms with Gasteiger partial charge in [-0.3, -0.25) is 4.79 Å². The number of carbonyl (C=O) groups excluding carboxylic acids is 1. The fraction of sp³-hybridized carbons (Fsp3) is 0.870. The monoisotopic (exact) mass is 454 g/mol. The molecule has 5 atom stereocenters. The van der Waals surface area contributed by atoms with E-state index in [2.05, 4.69) is 11.4 Å². The van der Waals surface area contributed by atoms with E-state index in [4.69, 9.17) is 26.7 Å². The lowest BCUT2D eigenvalue weighted by molar-refractivity contribution is -0.196. The summed E-state index contributed by atoms with van der Waals surface area (Å²) in [5, 5.41) is 24.0. The molecule has 0 radical (unpaired) electrons. The molecule has 2 aliphatic carbocycles. The number of rotatable bonds is 11. The Labute approximate surface area is 191 Å². The summed E-state index contributed by atoms with van der Waals surface area (Å²) in [6, 6.07) is -0.552. The van der Waals surface area contributed by atoms with E-state index in [-0.39, 0.29) is 18.0 Å². The van der Waals surface area contributed by atoms with Gasteiger partial charge in [-0.05, 0) is 76.5 Å². The van der Waals surface area contributed by atoms with Crippen molar-refractivity contribution < 1.29 is 24.5 Å². The van der Waals surface area contributed by atoms with Crippen LogP contribution in [-0.4, -0.2) is 65.4 Å². The Morgan fingerprint density at radius 3 is 2.75 bits per heavy atom. The van der Waals surface area contributed by atoms with Crippen molar-refractivity contribution in [2.75, 3.05) is 13.1 Å². The molecule has 0 aromatic rings. The van der Waals surface area contributed by atoms with E-state index < -0.39 is 24.1 Å². The molecule has 1 aliphatic heterocycles. The van der Waals surface area contributed by atoms with Crippen LogP contribution in [0.4, 0.5) is 0 Å². The van der Waals surface area contributed by atoms with E-state index in [1.807, 2.05) is 0 Å². The molecular formula is C23H42N4O5. The van der Waals surface area contributed by atoms with Gasteiger partial charge < -0.3 is 42.2 Å². The minimum absolute atomic E-state index is 0.0604. The first-order valence-electron chi connectivity index (χ1n) is 12.2. The lowest BCUT2D eigenvalue weighted by Gasteiger charge is -2.43. The number of hydrogen-bond donors (Lipinski definition) is 6. The quantitative estimate of drug-likeness (QED) is 0.260. The molecule has 3 rings (SSSR count). The Bertz CT molecular complexity index is 628. The van der Waals surface area contributed by atoms with Crippen LogP contribution in [0.3, 0.4) is 0 Å². The molecule has 9 N–H and O–H groups in total. The highest BCUT2D eigenvalue weighted by atomic mass is 16.7. The predicted octanol–water partition coefficient (Wildman–Crippen LogP) is 0.368. The number of nitrogens with two attached hydrogens (primary N) is 3. The number of amides is 1. The Kier molecular flexibility index (Phi) is 9.33. The minimum atomic E-state index is -0.764. The smallest absolute Gasteiger partial charge is 0.220 e. The highest BCUT2D eigenvalue weighted by molar-refractivity contribution is 5.76. The van der Waals surface area contributed by atoms with Gasteiger partial charge in [0.05, 0.1) is 17.5 Å². The van der Waals surface area contributed by atoms with Gasteiger partial charge in [0.1, 0.15) is 6.10 Å². The molecule has 2 fully saturated rings. The summed E-state index contributed by atoms with van der Waals surface area (Å²) >= 11 is 0. The van der Waals surface area contributed by atoms with Crippen molar-refractivity contribution in [3.05, 3.63) is 11.8 Å². The molecule has 0 aromatic heterocycles. The Morgan fingerprint density at radius 1 is 1.28 bits per heavy atom. The third-order valence-corrected chi connectivity index (χ3v) is 6.96. The maximum Gasteiger partial charge on any atom is 0.220 e. The molecule has 0 unspecified atom stereocenters. The molecule has 3 aliphatic rings. The summed E-state index contributed by atoms with van der Waals surface area (Å²) in [4.78, 5) is 12.0. The van der Waals surface area contributed by atoms with Crippen LogP contribution in [0, 0.1) is 5.92 Å². The van der Waals surface area contributed by atoms with Gasteiger partial charge in [-0.2, -0.15) is 0 Å². The molecule has 32 heavy (non-hydrogen) atoms. The van der Waals surface area contributed by atoms with E-state index in [0.29, 0.717) is 51.1 Å². The highest BCUT2D eigenvalue weighted by Gasteiger charge is 2.41. The van der Waals surface area contributed by atoms with Crippen molar-refractivity contribution in [2.45, 2.75) is 107 Å². The normalized spacial score (nSPS) is 37.2. The summed E-state index contributed by atoms with van der Waals surface area (Å²) in [5.41, 5.74) is 16.8. The summed E-state index contributed by atoms with van der Waals surface area (Å²) in [6.45, 7) is 1.12. The van der Waals surface area contributed by atoms with E-state index in [1.54, 1.807) is 0 Å². The fourth-order valence-electron chi connectivity index (χ4n) is 5.21. The second-order valence-corrected chi connectivity index (χ2v) is 9.84. The maximum absolute atomic E-state index is 12.0. The molecular weight excluding hydrogens is 412 g/mol. The summed E-state index contributed by atoms with van der Waals surface area (Å²) < 4.78 is 12.1. The van der Waals surface area contributed by atoms with Crippen molar-refractivity contribution in [3.63, 3.8) is 0 Å². The molecule has 9 nitrogen and oxygen atoms in total. The number of hydrogen-bond acceptors (Lipinski definition) is 8. The minimum Gasteiger partial charge on any atom is -0.470 e. The SMILES string of the molecule is NCCCC(=O)N[C@H]1C[C@@H](O)[C@H](O[C@@H]2CCC=C(CCCC3(O)CC(CN)C3)O2)[C@@H](N)C1. The van der Waals surface area contributed by atoms with Crippen LogP contribution in [0.15, 0.2) is 11.8 Å². The lowest BCUT2D eigenvalue weighted by atomic mass is 9.68. The zero-order chi connectivity index (χ0) is 23.1. The molecule has 9 heteroatoms. The average Bonchev–Trinajstić information content (AvgIpc) is 2.73. The molecule has 0 aromatic carbocycles. The molecule has 1 amide bonds. The van der Waals surface area contributed by atoms with Crippen molar-refractivity contribution in [2.24, 2.45) is 23.1 Å². The zero-order valence-electron chi connectivity index (χ0n) is 19.1. The van der Waals surface area contributed by atoms with Gasteiger partial charge in [-0.1, -0.05) is 0 Å². The number of aliphatic hydroxyl groups excluding tert-OH is 1. The number of nitrogens with one attached hydrogen (secondary N) is 1. The van der Waals surface area contributed by atoms with E-state index >= 15 is 0 Å². The van der Waals surface area contributed by atoms with Crippen LogP contribution >= 0.6 is 0 Å². The van der Waals surface area contributed by atoms with Crippen molar-refractivity contribution in [1.29, 1.82) is 0 Å². The zero-order valence-corrected chi connectivity index (χ0v) is 19.1. The first-order valence-corrected chi connectivity index (χ1v) is 12.2. The van der Waals surface area contributed by atoms with Gasteiger partial charge in [-0.25, -0.2) is 0 Å². The van der Waals surface area contributed by atoms with Crippen molar-refractivity contribution >= 4 is 5.91 Å². The first kappa shape index (κ1) is 25.4. The summed E-state index contributed by atoms with van der Waals surface area (Å²) in [7, 11) is 0. The van der Waals surface area contributed by atoms with Crippen LogP contribution in [0.1, 0.15) is 70.6 Å². The molecule has 0 saturated heterocycles. The maximum atomic E-state index is 12.0. The number of aliphatic hydroxyl groups is 2. The van der Waals surface area contributed by atoms with Gasteiger partial charge in [0.25, 0.3) is 0 Å². The second kappa shape index (κ2) is 11.8. The van der Waals surface area contributed by atoms with Gasteiger partial charge in [0, 0.05) is 31.3 Å². The van der Waals surface area contributed by atoms with Crippen LogP contribution in [0.5, 0.6) is 0 Å². The third kappa shape index (κ3) is 7.13. The highest BCUT2D eigenvalue weighted by Crippen LogP contribution is 2.41. The van der Waals surface area contributed by atoms with Gasteiger partial charge >= 0.3 is 0 Å². The first-order chi connectivity index (χ1) is 15.3. The standard InChI is InChI=1S/C23H42N4O5/c24-9-3-6-20(29)27-16-10-18(26)22(19(28)11-16)32-21-7-1-4-17(31-21)5-2-8-23(30)12-15(13-23)14-25/h4,15-16,18-19,21-22,28,30H,1-3,5-14,24-26H2,(H,27,29)/t15?,16-,18+,19-,21-,22-,23?/m1/s1. The van der Waals surface area contributed by atoms with Crippen LogP contribution in [0.2, 0.25) is 0 Å². The van der Waals surface area contributed by atoms with E-state index in [1.165, 1.54) is 0 Å². The van der Waals surface area contributed by atoms with Crippen molar-refractivity contribution in [1.82, 2.24) is 5.32 Å². The van der Waals surface area contributed by atoms with Crippen LogP contribution < -0.4 is 22.5 Å². The Morgan fingerprint density at radius 2 is 2.06 bits per heavy atom. The van der Waals surface area contributed by atoms with Gasteiger partial charge in [-0.15, -0.1) is 0 Å².